The van der Waals surface area contributed by atoms with E-state index < -0.39 is 0 Å². The molecule has 24 heavy (non-hydrogen) atoms. The van der Waals surface area contributed by atoms with E-state index in [-0.39, 0.29) is 0 Å². The SMILES string of the molecule is C/C=C\N=C(Nc1ccc(C)cc1)C(C)=N/C=C(\C)c1cn[nH]c1. The van der Waals surface area contributed by atoms with Gasteiger partial charge in [-0.25, -0.2) is 4.99 Å². The van der Waals surface area contributed by atoms with Gasteiger partial charge in [0.2, 0.25) is 0 Å². The van der Waals surface area contributed by atoms with Crippen LogP contribution in [-0.4, -0.2) is 21.7 Å². The van der Waals surface area contributed by atoms with Crippen LogP contribution in [0.2, 0.25) is 0 Å². The number of rotatable bonds is 5. The van der Waals surface area contributed by atoms with Crippen molar-refractivity contribution < 1.29 is 0 Å². The van der Waals surface area contributed by atoms with E-state index in [1.165, 1.54) is 5.56 Å². The Morgan fingerprint density at radius 3 is 2.54 bits per heavy atom. The normalized spacial score (nSPS) is 13.6. The first-order chi connectivity index (χ1) is 11.6. The van der Waals surface area contributed by atoms with Gasteiger partial charge in [-0.15, -0.1) is 0 Å². The Balaban J connectivity index is 2.21. The summed E-state index contributed by atoms with van der Waals surface area (Å²) in [5.41, 5.74) is 5.05. The van der Waals surface area contributed by atoms with E-state index in [0.717, 1.165) is 22.5 Å². The van der Waals surface area contributed by atoms with E-state index in [0.29, 0.717) is 5.84 Å². The zero-order valence-electron chi connectivity index (χ0n) is 14.5. The van der Waals surface area contributed by atoms with Crippen LogP contribution in [0, 0.1) is 6.92 Å². The topological polar surface area (TPSA) is 65.4 Å². The average molecular weight is 321 g/mol. The summed E-state index contributed by atoms with van der Waals surface area (Å²) in [5, 5.41) is 10.1. The molecule has 0 aliphatic rings. The number of aromatic amines is 1. The molecule has 0 amide bonds. The van der Waals surface area contributed by atoms with Crippen LogP contribution in [0.3, 0.4) is 0 Å². The highest BCUT2D eigenvalue weighted by Crippen LogP contribution is 2.12. The first-order valence-electron chi connectivity index (χ1n) is 7.83. The quantitative estimate of drug-likeness (QED) is 0.625. The summed E-state index contributed by atoms with van der Waals surface area (Å²) in [6.07, 6.45) is 9.08. The Morgan fingerprint density at radius 1 is 1.17 bits per heavy atom. The summed E-state index contributed by atoms with van der Waals surface area (Å²) in [6, 6.07) is 8.18. The zero-order valence-corrected chi connectivity index (χ0v) is 14.5. The molecule has 2 N–H and O–H groups in total. The highest BCUT2D eigenvalue weighted by Gasteiger charge is 2.04. The Kier molecular flexibility index (Phi) is 6.25. The number of allylic oxidation sites excluding steroid dienone is 2. The van der Waals surface area contributed by atoms with Gasteiger partial charge in [0.15, 0.2) is 5.84 Å². The number of aryl methyl sites for hydroxylation is 1. The largest absolute Gasteiger partial charge is 0.339 e. The highest BCUT2D eigenvalue weighted by molar-refractivity contribution is 6.45. The lowest BCUT2D eigenvalue weighted by atomic mass is 10.2. The lowest BCUT2D eigenvalue weighted by molar-refractivity contribution is 1.09. The maximum Gasteiger partial charge on any atom is 0.151 e. The number of hydrogen-bond acceptors (Lipinski definition) is 3. The number of anilines is 1. The number of amidine groups is 1. The summed E-state index contributed by atoms with van der Waals surface area (Å²) in [5.74, 6) is 0.716. The van der Waals surface area contributed by atoms with Crippen LogP contribution >= 0.6 is 0 Å². The molecule has 0 atom stereocenters. The number of nitrogens with one attached hydrogen (secondary N) is 2. The van der Waals surface area contributed by atoms with Crippen molar-refractivity contribution in [3.05, 3.63) is 66.3 Å². The molecule has 0 aliphatic carbocycles. The molecule has 0 saturated carbocycles. The second-order valence-corrected chi connectivity index (χ2v) is 5.46. The van der Waals surface area contributed by atoms with E-state index in [1.807, 2.05) is 51.4 Å². The predicted molar refractivity (Wildman–Crippen MR) is 102 cm³/mol. The Hall–Kier alpha value is -2.95. The molecular weight excluding hydrogens is 298 g/mol. The molecule has 2 rings (SSSR count). The Labute approximate surface area is 142 Å². The number of nitrogens with zero attached hydrogens (tertiary/aromatic N) is 3. The van der Waals surface area contributed by atoms with Crippen LogP contribution in [0.15, 0.2) is 65.1 Å². The van der Waals surface area contributed by atoms with Crippen molar-refractivity contribution >= 4 is 22.8 Å². The van der Waals surface area contributed by atoms with Crippen molar-refractivity contribution in [2.24, 2.45) is 9.98 Å². The van der Waals surface area contributed by atoms with Gasteiger partial charge in [-0.05, 0) is 45.4 Å². The molecule has 0 bridgehead atoms. The minimum Gasteiger partial charge on any atom is -0.339 e. The zero-order chi connectivity index (χ0) is 17.4. The molecule has 0 saturated heterocycles. The maximum atomic E-state index is 4.53. The standard InChI is InChI=1S/C19H23N5/c1-5-10-20-19(24-18-8-6-14(2)7-9-18)16(4)21-11-15(3)17-12-22-23-13-17/h5-13H,1-4H3,(H,20,24)(H,22,23)/b10-5-,15-11+,21-16?. The fraction of sp³-hybridized carbons (Fsp3) is 0.211. The molecule has 2 aromatic rings. The van der Waals surface area contributed by atoms with Gasteiger partial charge in [-0.1, -0.05) is 23.8 Å². The monoisotopic (exact) mass is 321 g/mol. The average Bonchev–Trinajstić information content (AvgIpc) is 3.12. The molecule has 124 valence electrons. The number of hydrogen-bond donors (Lipinski definition) is 2. The number of aliphatic imine (C=N–C) groups is 2. The van der Waals surface area contributed by atoms with Gasteiger partial charge in [-0.2, -0.15) is 5.10 Å². The Bertz CT molecular complexity index is 763. The maximum absolute atomic E-state index is 4.53. The van der Waals surface area contributed by atoms with Crippen molar-refractivity contribution in [2.75, 3.05) is 5.32 Å². The molecule has 0 spiro atoms. The van der Waals surface area contributed by atoms with Crippen LogP contribution < -0.4 is 5.32 Å². The van der Waals surface area contributed by atoms with Crippen LogP contribution in [0.25, 0.3) is 5.57 Å². The van der Waals surface area contributed by atoms with Crippen molar-refractivity contribution in [3.8, 4) is 0 Å². The second kappa shape index (κ2) is 8.62. The summed E-state index contributed by atoms with van der Waals surface area (Å²) >= 11 is 0. The van der Waals surface area contributed by atoms with E-state index in [2.05, 4.69) is 44.6 Å². The molecule has 1 heterocycles. The van der Waals surface area contributed by atoms with Crippen molar-refractivity contribution in [1.29, 1.82) is 0 Å². The summed E-state index contributed by atoms with van der Waals surface area (Å²) < 4.78 is 0. The third-order valence-electron chi connectivity index (χ3n) is 3.42. The van der Waals surface area contributed by atoms with Gasteiger partial charge in [-0.3, -0.25) is 10.1 Å². The van der Waals surface area contributed by atoms with E-state index >= 15 is 0 Å². The lowest BCUT2D eigenvalue weighted by Crippen LogP contribution is -2.20. The molecule has 5 nitrogen and oxygen atoms in total. The Morgan fingerprint density at radius 2 is 1.92 bits per heavy atom. The third kappa shape index (κ3) is 5.05. The first-order valence-corrected chi connectivity index (χ1v) is 7.83. The number of H-pyrrole nitrogens is 1. The molecule has 0 aliphatic heterocycles. The third-order valence-corrected chi connectivity index (χ3v) is 3.42. The number of benzene rings is 1. The van der Waals surface area contributed by atoms with E-state index in [4.69, 9.17) is 0 Å². The predicted octanol–water partition coefficient (Wildman–Crippen LogP) is 4.58. The molecule has 1 aromatic carbocycles. The second-order valence-electron chi connectivity index (χ2n) is 5.46. The van der Waals surface area contributed by atoms with Gasteiger partial charge in [0, 0.05) is 29.8 Å². The minimum atomic E-state index is 0.716. The van der Waals surface area contributed by atoms with Gasteiger partial charge in [0.1, 0.15) is 0 Å². The molecular formula is C19H23N5. The summed E-state index contributed by atoms with van der Waals surface area (Å²) in [6.45, 7) is 7.93. The van der Waals surface area contributed by atoms with Crippen molar-refractivity contribution in [1.82, 2.24) is 10.2 Å². The highest BCUT2D eigenvalue weighted by atomic mass is 15.1. The van der Waals surface area contributed by atoms with Crippen molar-refractivity contribution in [2.45, 2.75) is 27.7 Å². The summed E-state index contributed by atoms with van der Waals surface area (Å²) in [7, 11) is 0. The summed E-state index contributed by atoms with van der Waals surface area (Å²) in [4.78, 5) is 8.98. The van der Waals surface area contributed by atoms with Gasteiger partial charge in [0.25, 0.3) is 0 Å². The van der Waals surface area contributed by atoms with Gasteiger partial charge >= 0.3 is 0 Å². The van der Waals surface area contributed by atoms with Crippen LogP contribution in [0.1, 0.15) is 31.9 Å². The minimum absolute atomic E-state index is 0.716. The fourth-order valence-electron chi connectivity index (χ4n) is 1.93. The molecule has 5 heteroatoms. The van der Waals surface area contributed by atoms with E-state index in [1.54, 1.807) is 12.4 Å². The molecule has 1 aromatic heterocycles. The lowest BCUT2D eigenvalue weighted by Gasteiger charge is -2.09. The van der Waals surface area contributed by atoms with Crippen LogP contribution in [-0.2, 0) is 0 Å². The number of aromatic nitrogens is 2. The van der Waals surface area contributed by atoms with Gasteiger partial charge in [0.05, 0.1) is 11.9 Å². The smallest absolute Gasteiger partial charge is 0.151 e. The van der Waals surface area contributed by atoms with Crippen molar-refractivity contribution in [3.63, 3.8) is 0 Å². The van der Waals surface area contributed by atoms with E-state index in [9.17, 15) is 0 Å². The first kappa shape index (κ1) is 17.4. The molecule has 0 radical (unpaired) electrons. The van der Waals surface area contributed by atoms with Gasteiger partial charge < -0.3 is 5.32 Å². The fourth-order valence-corrected chi connectivity index (χ4v) is 1.93. The van der Waals surface area contributed by atoms with Crippen LogP contribution in [0.4, 0.5) is 5.69 Å². The molecule has 0 fully saturated rings. The van der Waals surface area contributed by atoms with Crippen LogP contribution in [0.5, 0.6) is 0 Å². The molecule has 0 unspecified atom stereocenters.